The summed E-state index contributed by atoms with van der Waals surface area (Å²) >= 11 is 3.15. The molecule has 0 aliphatic carbocycles. The summed E-state index contributed by atoms with van der Waals surface area (Å²) in [7, 11) is 0. The molecule has 1 rings (SSSR count). The van der Waals surface area contributed by atoms with Crippen LogP contribution in [0, 0.1) is 6.92 Å². The summed E-state index contributed by atoms with van der Waals surface area (Å²) in [6, 6.07) is 1.73. The smallest absolute Gasteiger partial charge is 0.261 e. The average Bonchev–Trinajstić information content (AvgIpc) is 2.47. The van der Waals surface area contributed by atoms with E-state index in [1.54, 1.807) is 17.8 Å². The number of hydrogen-bond acceptors (Lipinski definition) is 4. The van der Waals surface area contributed by atoms with Gasteiger partial charge in [-0.1, -0.05) is 0 Å². The molecule has 0 spiro atoms. The highest BCUT2D eigenvalue weighted by Gasteiger charge is 2.09. The molecule has 1 amide bonds. The first-order chi connectivity index (χ1) is 6.65. The van der Waals surface area contributed by atoms with Gasteiger partial charge in [-0.15, -0.1) is 11.3 Å². The Morgan fingerprint density at radius 2 is 2.43 bits per heavy atom. The van der Waals surface area contributed by atoms with Crippen molar-refractivity contribution in [3.63, 3.8) is 0 Å². The highest BCUT2D eigenvalue weighted by molar-refractivity contribution is 7.98. The van der Waals surface area contributed by atoms with Gasteiger partial charge < -0.3 is 11.1 Å². The molecule has 1 aromatic rings. The van der Waals surface area contributed by atoms with Crippen molar-refractivity contribution in [3.8, 4) is 0 Å². The van der Waals surface area contributed by atoms with Gasteiger partial charge in [0.15, 0.2) is 0 Å². The lowest BCUT2D eigenvalue weighted by Gasteiger charge is -2.00. The summed E-state index contributed by atoms with van der Waals surface area (Å²) in [5, 5.41) is 2.84. The summed E-state index contributed by atoms with van der Waals surface area (Å²) in [5.74, 6) is 0.912. The topological polar surface area (TPSA) is 55.1 Å². The molecule has 0 atom stereocenters. The molecule has 0 radical (unpaired) electrons. The molecule has 1 heterocycles. The Morgan fingerprint density at radius 3 is 2.93 bits per heavy atom. The fraction of sp³-hybridized carbons (Fsp3) is 0.444. The number of nitrogens with two attached hydrogens (primary N) is 1. The van der Waals surface area contributed by atoms with Gasteiger partial charge in [0.05, 0.1) is 4.88 Å². The van der Waals surface area contributed by atoms with Crippen molar-refractivity contribution in [2.45, 2.75) is 6.92 Å². The van der Waals surface area contributed by atoms with Crippen LogP contribution in [0.3, 0.4) is 0 Å². The van der Waals surface area contributed by atoms with Gasteiger partial charge in [0.1, 0.15) is 0 Å². The molecule has 0 bridgehead atoms. The minimum atomic E-state index is -0.0242. The van der Waals surface area contributed by atoms with Gasteiger partial charge in [-0.2, -0.15) is 11.8 Å². The predicted molar refractivity (Wildman–Crippen MR) is 64.2 cm³/mol. The molecule has 0 aliphatic rings. The maximum atomic E-state index is 11.5. The van der Waals surface area contributed by atoms with E-state index in [1.807, 2.05) is 13.2 Å². The van der Waals surface area contributed by atoms with Crippen molar-refractivity contribution >= 4 is 34.7 Å². The minimum Gasteiger partial charge on any atom is -0.398 e. The lowest BCUT2D eigenvalue weighted by molar-refractivity contribution is 0.0960. The predicted octanol–water partition coefficient (Wildman–Crippen LogP) is 1.73. The number of aryl methyl sites for hydroxylation is 1. The molecule has 0 aliphatic heterocycles. The zero-order valence-corrected chi connectivity index (χ0v) is 9.93. The first kappa shape index (κ1) is 11.4. The zero-order valence-electron chi connectivity index (χ0n) is 8.29. The second-order valence-corrected chi connectivity index (χ2v) is 5.11. The van der Waals surface area contributed by atoms with Crippen LogP contribution in [-0.2, 0) is 0 Å². The molecule has 0 aromatic carbocycles. The Labute approximate surface area is 92.1 Å². The third-order valence-electron chi connectivity index (χ3n) is 1.77. The lowest BCUT2D eigenvalue weighted by Crippen LogP contribution is -2.24. The third-order valence-corrected chi connectivity index (χ3v) is 3.45. The van der Waals surface area contributed by atoms with Crippen molar-refractivity contribution < 1.29 is 4.79 Å². The van der Waals surface area contributed by atoms with Crippen LogP contribution in [0.25, 0.3) is 0 Å². The van der Waals surface area contributed by atoms with Crippen LogP contribution in [0.15, 0.2) is 6.07 Å². The van der Waals surface area contributed by atoms with E-state index in [0.29, 0.717) is 17.1 Å². The largest absolute Gasteiger partial charge is 0.398 e. The highest BCUT2D eigenvalue weighted by atomic mass is 32.2. The molecule has 0 unspecified atom stereocenters. The summed E-state index contributed by atoms with van der Waals surface area (Å²) in [4.78, 5) is 13.2. The maximum absolute atomic E-state index is 11.5. The Hall–Kier alpha value is -0.680. The van der Waals surface area contributed by atoms with Crippen molar-refractivity contribution in [3.05, 3.63) is 15.8 Å². The molecule has 0 saturated carbocycles. The van der Waals surface area contributed by atoms with Crippen LogP contribution in [-0.4, -0.2) is 24.5 Å². The monoisotopic (exact) mass is 230 g/mol. The molecular formula is C9H14N2OS2. The molecular weight excluding hydrogens is 216 g/mol. The van der Waals surface area contributed by atoms with Crippen LogP contribution >= 0.6 is 23.1 Å². The van der Waals surface area contributed by atoms with Gasteiger partial charge in [0.2, 0.25) is 0 Å². The van der Waals surface area contributed by atoms with Gasteiger partial charge in [-0.05, 0) is 19.2 Å². The van der Waals surface area contributed by atoms with Crippen molar-refractivity contribution in [2.75, 3.05) is 24.3 Å². The number of thioether (sulfide) groups is 1. The zero-order chi connectivity index (χ0) is 10.6. The van der Waals surface area contributed by atoms with Gasteiger partial charge in [0, 0.05) is 22.9 Å². The number of amides is 1. The van der Waals surface area contributed by atoms with E-state index < -0.39 is 0 Å². The van der Waals surface area contributed by atoms with Gasteiger partial charge in [0.25, 0.3) is 5.91 Å². The molecule has 5 heteroatoms. The molecule has 0 saturated heterocycles. The molecule has 0 fully saturated rings. The van der Waals surface area contributed by atoms with E-state index in [9.17, 15) is 4.79 Å². The van der Waals surface area contributed by atoms with Gasteiger partial charge in [-0.25, -0.2) is 0 Å². The summed E-state index contributed by atoms with van der Waals surface area (Å²) in [5.41, 5.74) is 6.36. The van der Waals surface area contributed by atoms with E-state index >= 15 is 0 Å². The third kappa shape index (κ3) is 2.92. The normalized spacial score (nSPS) is 10.1. The molecule has 78 valence electrons. The highest BCUT2D eigenvalue weighted by Crippen LogP contribution is 2.22. The van der Waals surface area contributed by atoms with Crippen LogP contribution in [0.1, 0.15) is 14.5 Å². The van der Waals surface area contributed by atoms with E-state index in [4.69, 9.17) is 5.73 Å². The van der Waals surface area contributed by atoms with E-state index in [1.165, 1.54) is 11.3 Å². The molecule has 3 N–H and O–H groups in total. The van der Waals surface area contributed by atoms with Crippen LogP contribution < -0.4 is 11.1 Å². The summed E-state index contributed by atoms with van der Waals surface area (Å²) in [6.45, 7) is 2.62. The lowest BCUT2D eigenvalue weighted by atomic mass is 10.3. The van der Waals surface area contributed by atoms with Crippen molar-refractivity contribution in [1.29, 1.82) is 0 Å². The number of anilines is 1. The fourth-order valence-corrected chi connectivity index (χ4v) is 2.13. The Morgan fingerprint density at radius 1 is 1.71 bits per heavy atom. The number of nitrogens with one attached hydrogen (secondary N) is 1. The van der Waals surface area contributed by atoms with Gasteiger partial charge >= 0.3 is 0 Å². The van der Waals surface area contributed by atoms with E-state index in [-0.39, 0.29) is 5.91 Å². The summed E-state index contributed by atoms with van der Waals surface area (Å²) < 4.78 is 0. The van der Waals surface area contributed by atoms with Crippen LogP contribution in [0.2, 0.25) is 0 Å². The second-order valence-electron chi connectivity index (χ2n) is 2.87. The molecule has 1 aromatic heterocycles. The van der Waals surface area contributed by atoms with Crippen LogP contribution in [0.4, 0.5) is 5.69 Å². The standard InChI is InChI=1S/C9H14N2OS2/c1-6-7(10)5-8(14-6)9(12)11-3-4-13-2/h5H,3-4,10H2,1-2H3,(H,11,12). The molecule has 3 nitrogen and oxygen atoms in total. The average molecular weight is 230 g/mol. The SMILES string of the molecule is CSCCNC(=O)c1cc(N)c(C)s1. The second kappa shape index (κ2) is 5.26. The number of rotatable bonds is 4. The van der Waals surface area contributed by atoms with Crippen molar-refractivity contribution in [2.24, 2.45) is 0 Å². The minimum absolute atomic E-state index is 0.0242. The van der Waals surface area contributed by atoms with E-state index in [0.717, 1.165) is 10.6 Å². The quantitative estimate of drug-likeness (QED) is 0.775. The van der Waals surface area contributed by atoms with E-state index in [2.05, 4.69) is 5.32 Å². The maximum Gasteiger partial charge on any atom is 0.261 e. The first-order valence-corrected chi connectivity index (χ1v) is 6.49. The number of carbonyl (C=O) groups is 1. The van der Waals surface area contributed by atoms with Crippen LogP contribution in [0.5, 0.6) is 0 Å². The number of nitrogen functional groups attached to an aromatic ring is 1. The number of thiophene rings is 1. The van der Waals surface area contributed by atoms with Gasteiger partial charge in [-0.3, -0.25) is 4.79 Å². The first-order valence-electron chi connectivity index (χ1n) is 4.28. The van der Waals surface area contributed by atoms with Crippen molar-refractivity contribution in [1.82, 2.24) is 5.32 Å². The number of hydrogen-bond donors (Lipinski definition) is 2. The Kier molecular flexibility index (Phi) is 4.28. The fourth-order valence-electron chi connectivity index (χ4n) is 0.962. The molecule has 14 heavy (non-hydrogen) atoms. The number of carbonyl (C=O) groups excluding carboxylic acids is 1. The summed E-state index contributed by atoms with van der Waals surface area (Å²) in [6.07, 6.45) is 2.01. The Balaban J connectivity index is 2.52. The Bertz CT molecular complexity index is 303.